The van der Waals surface area contributed by atoms with Crippen LogP contribution in [0.5, 0.6) is 5.75 Å². The van der Waals surface area contributed by atoms with Gasteiger partial charge in [-0.3, -0.25) is 9.69 Å². The van der Waals surface area contributed by atoms with Gasteiger partial charge < -0.3 is 19.0 Å². The van der Waals surface area contributed by atoms with Crippen LogP contribution in [-0.4, -0.2) is 46.8 Å². The molecule has 1 aliphatic heterocycles. The molecular weight excluding hydrogens is 484 g/mol. The number of rotatable bonds is 11. The van der Waals surface area contributed by atoms with E-state index in [1.807, 2.05) is 68.4 Å². The predicted molar refractivity (Wildman–Crippen MR) is 143 cm³/mol. The number of nitrogens with zero attached hydrogens (tertiary/aromatic N) is 2. The Bertz CT molecular complexity index is 1270. The number of aryl methyl sites for hydroxylation is 1. The molecular formula is C30H34N2O6. The summed E-state index contributed by atoms with van der Waals surface area (Å²) < 4.78 is 17.1. The van der Waals surface area contributed by atoms with Crippen molar-refractivity contribution in [3.63, 3.8) is 0 Å². The molecule has 0 fully saturated rings. The maximum Gasteiger partial charge on any atom is 0.413 e. The number of benzene rings is 2. The van der Waals surface area contributed by atoms with E-state index in [4.69, 9.17) is 13.9 Å². The maximum atomic E-state index is 12.4. The first-order valence-electron chi connectivity index (χ1n) is 13.0. The van der Waals surface area contributed by atoms with Gasteiger partial charge in [0.05, 0.1) is 24.8 Å². The first kappa shape index (κ1) is 27.0. The average Bonchev–Trinajstić information content (AvgIpc) is 3.29. The van der Waals surface area contributed by atoms with E-state index in [0.717, 1.165) is 35.4 Å². The van der Waals surface area contributed by atoms with Crippen molar-refractivity contribution < 1.29 is 28.6 Å². The van der Waals surface area contributed by atoms with E-state index in [2.05, 4.69) is 4.98 Å². The molecule has 2 heterocycles. The largest absolute Gasteiger partial charge is 0.493 e. The first-order chi connectivity index (χ1) is 18.4. The molecule has 0 radical (unpaired) electrons. The molecule has 1 amide bonds. The van der Waals surface area contributed by atoms with Gasteiger partial charge in [0.1, 0.15) is 11.5 Å². The van der Waals surface area contributed by atoms with E-state index in [1.165, 1.54) is 4.90 Å². The number of carbonyl (C=O) groups excluding carboxylic acids is 1. The van der Waals surface area contributed by atoms with Gasteiger partial charge in [0.15, 0.2) is 0 Å². The Morgan fingerprint density at radius 1 is 1.13 bits per heavy atom. The van der Waals surface area contributed by atoms with E-state index >= 15 is 0 Å². The molecule has 1 aromatic heterocycles. The molecule has 1 aliphatic rings. The van der Waals surface area contributed by atoms with Crippen molar-refractivity contribution in [1.82, 2.24) is 9.88 Å². The van der Waals surface area contributed by atoms with Crippen LogP contribution in [0.1, 0.15) is 43.2 Å². The lowest BCUT2D eigenvalue weighted by Gasteiger charge is -2.28. The summed E-state index contributed by atoms with van der Waals surface area (Å²) in [5.74, 6) is 0.514. The molecule has 4 rings (SSSR count). The third-order valence-corrected chi connectivity index (χ3v) is 6.51. The zero-order valence-corrected chi connectivity index (χ0v) is 21.9. The van der Waals surface area contributed by atoms with Crippen LogP contribution in [0.15, 0.2) is 70.8 Å². The molecule has 1 unspecified atom stereocenters. The third kappa shape index (κ3) is 7.03. The summed E-state index contributed by atoms with van der Waals surface area (Å²) in [6, 6.07) is 17.4. The van der Waals surface area contributed by atoms with Gasteiger partial charge in [-0.2, -0.15) is 0 Å². The van der Waals surface area contributed by atoms with Crippen molar-refractivity contribution in [2.24, 2.45) is 5.92 Å². The molecule has 8 nitrogen and oxygen atoms in total. The van der Waals surface area contributed by atoms with Gasteiger partial charge in [-0.15, -0.1) is 0 Å². The normalized spacial score (nSPS) is 15.2. The van der Waals surface area contributed by atoms with E-state index in [1.54, 1.807) is 6.20 Å². The van der Waals surface area contributed by atoms with Gasteiger partial charge in [0.2, 0.25) is 5.89 Å². The molecule has 8 heteroatoms. The van der Waals surface area contributed by atoms with Crippen molar-refractivity contribution in [2.45, 2.75) is 46.0 Å². The van der Waals surface area contributed by atoms with Crippen LogP contribution in [0.2, 0.25) is 0 Å². The summed E-state index contributed by atoms with van der Waals surface area (Å²) in [4.78, 5) is 30.4. The number of ether oxygens (including phenoxy) is 2. The summed E-state index contributed by atoms with van der Waals surface area (Å²) in [5, 5.41) is 9.75. The number of carboxylic acids is 1. The van der Waals surface area contributed by atoms with Gasteiger partial charge >= 0.3 is 12.1 Å². The van der Waals surface area contributed by atoms with Gasteiger partial charge in [0, 0.05) is 24.7 Å². The summed E-state index contributed by atoms with van der Waals surface area (Å²) in [5.41, 5.74) is 3.35. The van der Waals surface area contributed by atoms with Gasteiger partial charge in [0.25, 0.3) is 0 Å². The van der Waals surface area contributed by atoms with Gasteiger partial charge in [-0.1, -0.05) is 43.7 Å². The Hall–Kier alpha value is -4.07. The zero-order valence-electron chi connectivity index (χ0n) is 21.9. The number of hydrogen-bond acceptors (Lipinski definition) is 6. The van der Waals surface area contributed by atoms with Crippen LogP contribution >= 0.6 is 0 Å². The Morgan fingerprint density at radius 3 is 2.71 bits per heavy atom. The van der Waals surface area contributed by atoms with Crippen molar-refractivity contribution in [3.8, 4) is 17.2 Å². The standard InChI is InChI=1S/C30H34N2O6/c1-3-4-16-37-30(35)32-15-13-26(29(33)34)24(20-32)18-22-9-8-12-25(19-22)36-17-14-27-21(2)38-28(31-27)23-10-6-5-7-11-23/h5-12,19-20,26H,3-4,13-18H2,1-2H3,(H,33,34). The molecule has 0 aliphatic carbocycles. The molecule has 200 valence electrons. The fraction of sp³-hybridized carbons (Fsp3) is 0.367. The van der Waals surface area contributed by atoms with Crippen LogP contribution in [0.25, 0.3) is 11.5 Å². The Labute approximate surface area is 222 Å². The fourth-order valence-electron chi connectivity index (χ4n) is 4.40. The van der Waals surface area contributed by atoms with Gasteiger partial charge in [-0.25, -0.2) is 9.78 Å². The van der Waals surface area contributed by atoms with Crippen LogP contribution in [0, 0.1) is 12.8 Å². The van der Waals surface area contributed by atoms with Crippen molar-refractivity contribution in [2.75, 3.05) is 19.8 Å². The summed E-state index contributed by atoms with van der Waals surface area (Å²) >= 11 is 0. The Morgan fingerprint density at radius 2 is 1.95 bits per heavy atom. The molecule has 38 heavy (non-hydrogen) atoms. The second kappa shape index (κ2) is 12.9. The number of unbranched alkanes of at least 4 members (excludes halogenated alkanes) is 1. The number of carboxylic acid groups (broad SMARTS) is 1. The topological polar surface area (TPSA) is 102 Å². The van der Waals surface area contributed by atoms with E-state index in [0.29, 0.717) is 56.2 Å². The zero-order chi connectivity index (χ0) is 26.9. The highest BCUT2D eigenvalue weighted by molar-refractivity contribution is 5.76. The maximum absolute atomic E-state index is 12.4. The number of amides is 1. The lowest BCUT2D eigenvalue weighted by Crippen LogP contribution is -2.36. The average molecular weight is 519 g/mol. The Kier molecular flexibility index (Phi) is 9.19. The molecule has 0 spiro atoms. The van der Waals surface area contributed by atoms with E-state index in [-0.39, 0.29) is 0 Å². The summed E-state index contributed by atoms with van der Waals surface area (Å²) in [7, 11) is 0. The number of carbonyl (C=O) groups is 2. The minimum Gasteiger partial charge on any atom is -0.493 e. The molecule has 2 aromatic carbocycles. The highest BCUT2D eigenvalue weighted by Gasteiger charge is 2.30. The minimum atomic E-state index is -0.888. The molecule has 0 saturated heterocycles. The number of hydrogen-bond donors (Lipinski definition) is 1. The van der Waals surface area contributed by atoms with E-state index in [9.17, 15) is 14.7 Å². The lowest BCUT2D eigenvalue weighted by molar-refractivity contribution is -0.141. The van der Waals surface area contributed by atoms with E-state index < -0.39 is 18.0 Å². The van der Waals surface area contributed by atoms with Crippen molar-refractivity contribution >= 4 is 12.1 Å². The van der Waals surface area contributed by atoms with Crippen LogP contribution < -0.4 is 4.74 Å². The monoisotopic (exact) mass is 518 g/mol. The van der Waals surface area contributed by atoms with Crippen LogP contribution in [0.4, 0.5) is 4.79 Å². The molecule has 0 bridgehead atoms. The van der Waals surface area contributed by atoms with Crippen LogP contribution in [0.3, 0.4) is 0 Å². The van der Waals surface area contributed by atoms with Crippen molar-refractivity contribution in [1.29, 1.82) is 0 Å². The molecule has 1 N–H and O–H groups in total. The molecule has 0 saturated carbocycles. The highest BCUT2D eigenvalue weighted by atomic mass is 16.6. The first-order valence-corrected chi connectivity index (χ1v) is 13.0. The Balaban J connectivity index is 1.38. The lowest BCUT2D eigenvalue weighted by atomic mass is 9.88. The highest BCUT2D eigenvalue weighted by Crippen LogP contribution is 2.28. The minimum absolute atomic E-state index is 0.321. The predicted octanol–water partition coefficient (Wildman–Crippen LogP) is 6.04. The third-order valence-electron chi connectivity index (χ3n) is 6.51. The fourth-order valence-corrected chi connectivity index (χ4v) is 4.40. The van der Waals surface area contributed by atoms with Crippen LogP contribution in [-0.2, 0) is 22.4 Å². The number of oxazole rings is 1. The van der Waals surface area contributed by atoms with Crippen molar-refractivity contribution in [3.05, 3.63) is 83.4 Å². The second-order valence-corrected chi connectivity index (χ2v) is 9.36. The summed E-state index contributed by atoms with van der Waals surface area (Å²) in [6.07, 6.45) is 4.27. The summed E-state index contributed by atoms with van der Waals surface area (Å²) in [6.45, 7) is 5.03. The smallest absolute Gasteiger partial charge is 0.413 e. The number of aliphatic carboxylic acids is 1. The second-order valence-electron chi connectivity index (χ2n) is 9.36. The van der Waals surface area contributed by atoms with Gasteiger partial charge in [-0.05, 0) is 61.6 Å². The number of aromatic nitrogens is 1. The molecule has 3 aromatic rings. The molecule has 1 atom stereocenters. The SMILES string of the molecule is CCCCOC(=O)N1C=C(Cc2cccc(OCCc3nc(-c4ccccc4)oc3C)c2)C(C(=O)O)CC1. The quantitative estimate of drug-likeness (QED) is 0.309.